The molecule has 11 heteroatoms. The number of nitrogens with zero attached hydrogens (tertiary/aromatic N) is 2. The maximum atomic E-state index is 13.0. The lowest BCUT2D eigenvalue weighted by Gasteiger charge is -2.30. The van der Waals surface area contributed by atoms with Crippen LogP contribution in [0.4, 0.5) is 5.69 Å². The van der Waals surface area contributed by atoms with Gasteiger partial charge in [0.15, 0.2) is 11.5 Å². The van der Waals surface area contributed by atoms with Crippen LogP contribution in [0.5, 0.6) is 17.2 Å². The topological polar surface area (TPSA) is 139 Å². The van der Waals surface area contributed by atoms with Crippen molar-refractivity contribution in [3.63, 3.8) is 0 Å². The number of hydrogen-bond acceptors (Lipinski definition) is 8. The summed E-state index contributed by atoms with van der Waals surface area (Å²) >= 11 is 1.27. The molecule has 3 atom stereocenters. The van der Waals surface area contributed by atoms with Gasteiger partial charge in [0.25, 0.3) is 5.69 Å². The number of carboxylic acid groups (broad SMARTS) is 1. The molecule has 10 nitrogen and oxygen atoms in total. The van der Waals surface area contributed by atoms with E-state index in [1.54, 1.807) is 19.1 Å². The molecule has 0 radical (unpaired) electrons. The van der Waals surface area contributed by atoms with Gasteiger partial charge in [-0.25, -0.2) is 4.79 Å². The van der Waals surface area contributed by atoms with E-state index in [0.717, 1.165) is 0 Å². The number of amides is 1. The molecule has 0 bridgehead atoms. The van der Waals surface area contributed by atoms with Crippen molar-refractivity contribution >= 4 is 29.3 Å². The third kappa shape index (κ3) is 4.42. The number of aromatic hydroxyl groups is 1. The Kier molecular flexibility index (Phi) is 6.78. The Labute approximate surface area is 187 Å². The third-order valence-electron chi connectivity index (χ3n) is 5.17. The number of phenolic OH excluding ortho intramolecular Hbond substituents is 1. The SMILES string of the molecule is COc1cc(C2SC(C)C(=O)N2C(Cc2ccc([N+](=O)[O-])cc2)C(=O)O)cc(OC)c1O. The molecular weight excluding hydrogens is 440 g/mol. The van der Waals surface area contributed by atoms with Crippen LogP contribution in [-0.2, 0) is 16.0 Å². The molecule has 2 N–H and O–H groups in total. The number of phenols is 1. The fourth-order valence-electron chi connectivity index (χ4n) is 3.54. The number of carbonyl (C=O) groups excluding carboxylic acids is 1. The number of carboxylic acids is 1. The molecule has 1 aliphatic rings. The van der Waals surface area contributed by atoms with E-state index >= 15 is 0 Å². The van der Waals surface area contributed by atoms with Gasteiger partial charge in [-0.15, -0.1) is 11.8 Å². The van der Waals surface area contributed by atoms with Crippen LogP contribution in [0, 0.1) is 10.1 Å². The normalized spacial score (nSPS) is 19.0. The van der Waals surface area contributed by atoms with Crippen molar-refractivity contribution in [1.82, 2.24) is 4.90 Å². The first-order chi connectivity index (χ1) is 15.2. The Morgan fingerprint density at radius 3 is 2.25 bits per heavy atom. The summed E-state index contributed by atoms with van der Waals surface area (Å²) in [4.78, 5) is 36.8. The molecule has 1 aliphatic heterocycles. The minimum Gasteiger partial charge on any atom is -0.502 e. The van der Waals surface area contributed by atoms with E-state index < -0.39 is 27.6 Å². The number of thioether (sulfide) groups is 1. The zero-order valence-corrected chi connectivity index (χ0v) is 18.4. The molecular formula is C21H22N2O8S. The van der Waals surface area contributed by atoms with E-state index in [4.69, 9.17) is 9.47 Å². The van der Waals surface area contributed by atoms with Crippen molar-refractivity contribution in [2.75, 3.05) is 14.2 Å². The smallest absolute Gasteiger partial charge is 0.326 e. The summed E-state index contributed by atoms with van der Waals surface area (Å²) in [5.74, 6) is -1.48. The average Bonchev–Trinajstić information content (AvgIpc) is 3.06. The molecule has 2 aromatic rings. The standard InChI is InChI=1S/C21H22N2O8S/c1-11-19(25)22(15(21(26)27)8-12-4-6-14(7-5-12)23(28)29)20(32-11)13-9-16(30-2)18(24)17(10-13)31-3/h4-7,9-11,15,20,24H,8H2,1-3H3,(H,26,27). The Hall–Kier alpha value is -3.47. The number of rotatable bonds is 8. The highest BCUT2D eigenvalue weighted by Gasteiger charge is 2.45. The summed E-state index contributed by atoms with van der Waals surface area (Å²) in [5.41, 5.74) is 0.970. The minimum absolute atomic E-state index is 0.0325. The number of hydrogen-bond donors (Lipinski definition) is 2. The number of carbonyl (C=O) groups is 2. The van der Waals surface area contributed by atoms with Crippen LogP contribution in [0.1, 0.15) is 23.4 Å². The molecule has 32 heavy (non-hydrogen) atoms. The largest absolute Gasteiger partial charge is 0.502 e. The van der Waals surface area contributed by atoms with Gasteiger partial charge in [-0.05, 0) is 30.2 Å². The van der Waals surface area contributed by atoms with Gasteiger partial charge in [0.2, 0.25) is 11.7 Å². The second-order valence-electron chi connectivity index (χ2n) is 7.13. The summed E-state index contributed by atoms with van der Waals surface area (Å²) in [5, 5.41) is 29.9. The number of non-ortho nitro benzene ring substituents is 1. The summed E-state index contributed by atoms with van der Waals surface area (Å²) < 4.78 is 10.4. The monoisotopic (exact) mass is 462 g/mol. The molecule has 3 rings (SSSR count). The molecule has 170 valence electrons. The van der Waals surface area contributed by atoms with Gasteiger partial charge >= 0.3 is 5.97 Å². The Balaban J connectivity index is 2.00. The van der Waals surface area contributed by atoms with E-state index in [1.807, 2.05) is 0 Å². The van der Waals surface area contributed by atoms with Gasteiger partial charge in [0, 0.05) is 18.6 Å². The summed E-state index contributed by atoms with van der Waals surface area (Å²) in [6, 6.07) is 7.42. The maximum Gasteiger partial charge on any atom is 0.326 e. The van der Waals surface area contributed by atoms with Gasteiger partial charge in [-0.1, -0.05) is 12.1 Å². The van der Waals surface area contributed by atoms with Crippen molar-refractivity contribution in [1.29, 1.82) is 0 Å². The van der Waals surface area contributed by atoms with Gasteiger partial charge in [-0.2, -0.15) is 0 Å². The predicted molar refractivity (Wildman–Crippen MR) is 116 cm³/mol. The molecule has 2 aromatic carbocycles. The molecule has 3 unspecified atom stereocenters. The second kappa shape index (κ2) is 9.35. The molecule has 1 saturated heterocycles. The molecule has 0 saturated carbocycles. The highest BCUT2D eigenvalue weighted by atomic mass is 32.2. The van der Waals surface area contributed by atoms with Crippen LogP contribution < -0.4 is 9.47 Å². The highest BCUT2D eigenvalue weighted by Crippen LogP contribution is 2.48. The molecule has 1 fully saturated rings. The molecule has 1 amide bonds. The first kappa shape index (κ1) is 23.2. The zero-order chi connectivity index (χ0) is 23.6. The molecule has 0 aromatic heterocycles. The van der Waals surface area contributed by atoms with E-state index in [9.17, 15) is 29.9 Å². The van der Waals surface area contributed by atoms with Gasteiger partial charge in [0.1, 0.15) is 11.4 Å². The summed E-state index contributed by atoms with van der Waals surface area (Å²) in [6.45, 7) is 1.69. The Bertz CT molecular complexity index is 1020. The number of nitro benzene ring substituents is 1. The van der Waals surface area contributed by atoms with E-state index in [1.165, 1.54) is 55.1 Å². The van der Waals surface area contributed by atoms with Crippen molar-refractivity contribution in [3.8, 4) is 17.2 Å². The average molecular weight is 462 g/mol. The van der Waals surface area contributed by atoms with Crippen LogP contribution in [0.3, 0.4) is 0 Å². The number of benzene rings is 2. The van der Waals surface area contributed by atoms with Crippen LogP contribution in [-0.4, -0.2) is 57.4 Å². The van der Waals surface area contributed by atoms with Gasteiger partial charge in [-0.3, -0.25) is 14.9 Å². The first-order valence-electron chi connectivity index (χ1n) is 9.56. The number of methoxy groups -OCH3 is 2. The van der Waals surface area contributed by atoms with Crippen LogP contribution >= 0.6 is 11.8 Å². The zero-order valence-electron chi connectivity index (χ0n) is 17.5. The fourth-order valence-corrected chi connectivity index (χ4v) is 4.84. The van der Waals surface area contributed by atoms with Crippen molar-refractivity contribution in [3.05, 3.63) is 57.6 Å². The Morgan fingerprint density at radius 2 is 1.78 bits per heavy atom. The second-order valence-corrected chi connectivity index (χ2v) is 8.56. The van der Waals surface area contributed by atoms with Crippen molar-refractivity contribution < 1.29 is 34.2 Å². The van der Waals surface area contributed by atoms with Gasteiger partial charge < -0.3 is 24.6 Å². The van der Waals surface area contributed by atoms with E-state index in [2.05, 4.69) is 0 Å². The summed E-state index contributed by atoms with van der Waals surface area (Å²) in [7, 11) is 2.75. The van der Waals surface area contributed by atoms with Crippen LogP contribution in [0.15, 0.2) is 36.4 Å². The summed E-state index contributed by atoms with van der Waals surface area (Å²) in [6.07, 6.45) is -0.0325. The highest BCUT2D eigenvalue weighted by molar-refractivity contribution is 8.01. The number of aliphatic carboxylic acids is 1. The lowest BCUT2D eigenvalue weighted by Crippen LogP contribution is -2.45. The lowest BCUT2D eigenvalue weighted by molar-refractivity contribution is -0.384. The molecule has 0 spiro atoms. The van der Waals surface area contributed by atoms with Crippen LogP contribution in [0.2, 0.25) is 0 Å². The number of nitro groups is 1. The van der Waals surface area contributed by atoms with Crippen LogP contribution in [0.25, 0.3) is 0 Å². The molecule has 1 heterocycles. The lowest BCUT2D eigenvalue weighted by atomic mass is 10.0. The quantitative estimate of drug-likeness (QED) is 0.447. The van der Waals surface area contributed by atoms with Gasteiger partial charge in [0.05, 0.1) is 24.4 Å². The van der Waals surface area contributed by atoms with E-state index in [-0.39, 0.29) is 35.3 Å². The fraction of sp³-hybridized carbons (Fsp3) is 0.333. The Morgan fingerprint density at radius 1 is 1.22 bits per heavy atom. The third-order valence-corrected chi connectivity index (χ3v) is 6.54. The number of ether oxygens (including phenoxy) is 2. The van der Waals surface area contributed by atoms with Crippen molar-refractivity contribution in [2.45, 2.75) is 30.0 Å². The minimum atomic E-state index is -1.21. The maximum absolute atomic E-state index is 13.0. The van der Waals surface area contributed by atoms with Crippen molar-refractivity contribution in [2.24, 2.45) is 0 Å². The molecule has 0 aliphatic carbocycles. The van der Waals surface area contributed by atoms with E-state index in [0.29, 0.717) is 11.1 Å². The predicted octanol–water partition coefficient (Wildman–Crippen LogP) is 2.98. The first-order valence-corrected chi connectivity index (χ1v) is 10.5.